The van der Waals surface area contributed by atoms with Crippen LogP contribution in [0.4, 0.5) is 0 Å². The fraction of sp³-hybridized carbons (Fsp3) is 0.550. The van der Waals surface area contributed by atoms with Crippen LogP contribution in [0.5, 0.6) is 5.75 Å². The number of hydrogen-bond donors (Lipinski definition) is 2. The van der Waals surface area contributed by atoms with E-state index in [1.165, 1.54) is 0 Å². The SMILES string of the molecule is CCN(CC)C(=O)Cc1c(OCCC(O)NC(C)C)cc2coccc1-2. The van der Waals surface area contributed by atoms with Gasteiger partial charge in [0.1, 0.15) is 12.0 Å². The molecule has 6 heteroatoms. The molecule has 0 aromatic heterocycles. The predicted octanol–water partition coefficient (Wildman–Crippen LogP) is 2.88. The van der Waals surface area contributed by atoms with Crippen LogP contribution in [-0.4, -0.2) is 47.9 Å². The Morgan fingerprint density at radius 1 is 1.35 bits per heavy atom. The summed E-state index contributed by atoms with van der Waals surface area (Å²) in [5.41, 5.74) is 2.75. The van der Waals surface area contributed by atoms with Gasteiger partial charge in [0, 0.05) is 36.7 Å². The van der Waals surface area contributed by atoms with Gasteiger partial charge in [-0.1, -0.05) is 0 Å². The highest BCUT2D eigenvalue weighted by molar-refractivity contribution is 5.85. The monoisotopic (exact) mass is 362 g/mol. The molecule has 1 aliphatic carbocycles. The average Bonchev–Trinajstić information content (AvgIpc) is 2.93. The summed E-state index contributed by atoms with van der Waals surface area (Å²) in [6.07, 6.45) is 3.40. The molecule has 0 saturated heterocycles. The molecule has 0 bridgehead atoms. The number of nitrogens with zero attached hydrogens (tertiary/aromatic N) is 1. The van der Waals surface area contributed by atoms with Gasteiger partial charge in [0.15, 0.2) is 0 Å². The van der Waals surface area contributed by atoms with Crippen molar-refractivity contribution in [1.82, 2.24) is 10.2 Å². The van der Waals surface area contributed by atoms with Crippen LogP contribution in [0.3, 0.4) is 0 Å². The maximum Gasteiger partial charge on any atom is 0.227 e. The first-order chi connectivity index (χ1) is 12.5. The molecule has 1 heterocycles. The van der Waals surface area contributed by atoms with Crippen LogP contribution in [-0.2, 0) is 11.2 Å². The quantitative estimate of drug-likeness (QED) is 0.636. The number of carbonyl (C=O) groups is 1. The molecule has 0 spiro atoms. The van der Waals surface area contributed by atoms with Crippen LogP contribution in [0.1, 0.15) is 39.7 Å². The summed E-state index contributed by atoms with van der Waals surface area (Å²) in [6.45, 7) is 9.65. The Kier molecular flexibility index (Phi) is 7.48. The zero-order valence-corrected chi connectivity index (χ0v) is 16.1. The van der Waals surface area contributed by atoms with E-state index in [1.54, 1.807) is 12.5 Å². The van der Waals surface area contributed by atoms with Gasteiger partial charge < -0.3 is 19.2 Å². The number of nitrogens with one attached hydrogen (secondary N) is 1. The van der Waals surface area contributed by atoms with Crippen molar-refractivity contribution in [2.75, 3.05) is 19.7 Å². The maximum atomic E-state index is 12.6. The summed E-state index contributed by atoms with van der Waals surface area (Å²) < 4.78 is 11.1. The molecule has 1 aliphatic heterocycles. The molecule has 2 aliphatic rings. The Morgan fingerprint density at radius 2 is 2.08 bits per heavy atom. The van der Waals surface area contributed by atoms with E-state index in [0.29, 0.717) is 31.9 Å². The maximum absolute atomic E-state index is 12.6. The molecule has 1 atom stereocenters. The molecule has 0 saturated carbocycles. The van der Waals surface area contributed by atoms with Crippen molar-refractivity contribution in [3.05, 3.63) is 30.2 Å². The molecule has 2 N–H and O–H groups in total. The second kappa shape index (κ2) is 9.59. The summed E-state index contributed by atoms with van der Waals surface area (Å²) in [4.78, 5) is 14.4. The van der Waals surface area contributed by atoms with Crippen LogP contribution in [0.25, 0.3) is 11.1 Å². The van der Waals surface area contributed by atoms with Crippen molar-refractivity contribution in [2.24, 2.45) is 0 Å². The van der Waals surface area contributed by atoms with E-state index in [9.17, 15) is 9.90 Å². The van der Waals surface area contributed by atoms with Gasteiger partial charge in [-0.15, -0.1) is 0 Å². The van der Waals surface area contributed by atoms with Gasteiger partial charge in [-0.25, -0.2) is 0 Å². The lowest BCUT2D eigenvalue weighted by atomic mass is 10.1. The van der Waals surface area contributed by atoms with Gasteiger partial charge in [-0.3, -0.25) is 10.1 Å². The van der Waals surface area contributed by atoms with Crippen LogP contribution in [0.2, 0.25) is 0 Å². The summed E-state index contributed by atoms with van der Waals surface area (Å²) in [6, 6.07) is 3.96. The van der Waals surface area contributed by atoms with E-state index in [-0.39, 0.29) is 18.4 Å². The molecule has 6 nitrogen and oxygen atoms in total. The van der Waals surface area contributed by atoms with E-state index in [4.69, 9.17) is 9.15 Å². The second-order valence-corrected chi connectivity index (χ2v) is 6.63. The number of aliphatic hydroxyl groups is 1. The zero-order chi connectivity index (χ0) is 19.1. The number of hydrogen-bond acceptors (Lipinski definition) is 5. The molecule has 0 radical (unpaired) electrons. The summed E-state index contributed by atoms with van der Waals surface area (Å²) in [7, 11) is 0. The van der Waals surface area contributed by atoms with Crippen LogP contribution < -0.4 is 10.1 Å². The Hall–Kier alpha value is -2.05. The molecule has 144 valence electrons. The minimum atomic E-state index is -0.616. The number of ether oxygens (including phenoxy) is 1. The van der Waals surface area contributed by atoms with Crippen molar-refractivity contribution in [1.29, 1.82) is 0 Å². The minimum absolute atomic E-state index is 0.0784. The smallest absolute Gasteiger partial charge is 0.227 e. The van der Waals surface area contributed by atoms with E-state index in [2.05, 4.69) is 5.32 Å². The molecule has 0 aromatic rings. The molecule has 0 aromatic carbocycles. The molecule has 1 amide bonds. The van der Waals surface area contributed by atoms with Crippen molar-refractivity contribution in [3.8, 4) is 16.9 Å². The number of carbonyl (C=O) groups excluding carboxylic acids is 1. The number of likely N-dealkylation sites (N-methyl/N-ethyl adjacent to an activating group) is 1. The Bertz CT molecular complexity index is 664. The highest BCUT2D eigenvalue weighted by Gasteiger charge is 2.22. The Morgan fingerprint density at radius 3 is 2.73 bits per heavy atom. The molecule has 26 heavy (non-hydrogen) atoms. The number of aliphatic hydroxyl groups excluding tert-OH is 1. The van der Waals surface area contributed by atoms with Crippen molar-refractivity contribution in [2.45, 2.75) is 52.8 Å². The molecule has 0 fully saturated rings. The van der Waals surface area contributed by atoms with Crippen molar-refractivity contribution >= 4 is 5.91 Å². The Balaban J connectivity index is 2.12. The lowest BCUT2D eigenvalue weighted by Crippen LogP contribution is -2.35. The first-order valence-electron chi connectivity index (χ1n) is 9.28. The van der Waals surface area contributed by atoms with Gasteiger partial charge in [0.2, 0.25) is 5.91 Å². The van der Waals surface area contributed by atoms with Gasteiger partial charge >= 0.3 is 0 Å². The van der Waals surface area contributed by atoms with Crippen molar-refractivity contribution in [3.63, 3.8) is 0 Å². The highest BCUT2D eigenvalue weighted by Crippen LogP contribution is 2.37. The van der Waals surface area contributed by atoms with E-state index >= 15 is 0 Å². The summed E-state index contributed by atoms with van der Waals surface area (Å²) >= 11 is 0. The fourth-order valence-corrected chi connectivity index (χ4v) is 3.03. The lowest BCUT2D eigenvalue weighted by Gasteiger charge is -2.19. The van der Waals surface area contributed by atoms with Crippen LogP contribution in [0, 0.1) is 0 Å². The van der Waals surface area contributed by atoms with Crippen molar-refractivity contribution < 1.29 is 19.1 Å². The average molecular weight is 362 g/mol. The predicted molar refractivity (Wildman–Crippen MR) is 101 cm³/mol. The molecular weight excluding hydrogens is 332 g/mol. The third-order valence-electron chi connectivity index (χ3n) is 4.35. The number of fused-ring (bicyclic) bond motifs is 1. The van der Waals surface area contributed by atoms with E-state index in [0.717, 1.165) is 16.7 Å². The number of rotatable bonds is 10. The first-order valence-corrected chi connectivity index (χ1v) is 9.28. The third kappa shape index (κ3) is 5.22. The van der Waals surface area contributed by atoms with E-state index < -0.39 is 6.23 Å². The number of amides is 1. The van der Waals surface area contributed by atoms with E-state index in [1.807, 2.05) is 44.7 Å². The fourth-order valence-electron chi connectivity index (χ4n) is 3.03. The normalized spacial score (nSPS) is 12.5. The zero-order valence-electron chi connectivity index (χ0n) is 16.1. The minimum Gasteiger partial charge on any atom is -0.493 e. The van der Waals surface area contributed by atoms with Gasteiger partial charge in [0.05, 0.1) is 25.6 Å². The first kappa shape index (κ1) is 20.3. The van der Waals surface area contributed by atoms with Gasteiger partial charge in [-0.2, -0.15) is 0 Å². The largest absolute Gasteiger partial charge is 0.493 e. The van der Waals surface area contributed by atoms with Gasteiger partial charge in [0.25, 0.3) is 0 Å². The van der Waals surface area contributed by atoms with Crippen LogP contribution >= 0.6 is 0 Å². The lowest BCUT2D eigenvalue weighted by molar-refractivity contribution is -0.130. The highest BCUT2D eigenvalue weighted by atomic mass is 16.5. The van der Waals surface area contributed by atoms with Crippen LogP contribution in [0.15, 0.2) is 29.1 Å². The molecule has 2 rings (SSSR count). The summed E-state index contributed by atoms with van der Waals surface area (Å²) in [5.74, 6) is 0.758. The topological polar surface area (TPSA) is 74.9 Å². The van der Waals surface area contributed by atoms with Gasteiger partial charge in [-0.05, 0) is 45.4 Å². The summed E-state index contributed by atoms with van der Waals surface area (Å²) in [5, 5.41) is 13.0. The second-order valence-electron chi connectivity index (χ2n) is 6.63. The standard InChI is InChI=1S/C20H30N2O4/c1-5-22(6-2)20(24)12-17-16-7-9-25-13-15(16)11-18(17)26-10-8-19(23)21-14(3)4/h7,9,11,13-14,19,21,23H,5-6,8,10,12H2,1-4H3. The Labute approximate surface area is 155 Å². The third-order valence-corrected chi connectivity index (χ3v) is 4.35. The molecule has 1 unspecified atom stereocenters. The molecular formula is C20H30N2O4.